The molecule has 0 unspecified atom stereocenters. The van der Waals surface area contributed by atoms with E-state index >= 15 is 4.39 Å². The highest BCUT2D eigenvalue weighted by atomic mass is 19.1. The smallest absolute Gasteiger partial charge is 0.276 e. The number of hydrogen-bond donors (Lipinski definition) is 1. The second-order valence-electron chi connectivity index (χ2n) is 10.3. The molecular weight excluding hydrogens is 528 g/mol. The summed E-state index contributed by atoms with van der Waals surface area (Å²) in [6.07, 6.45) is 4.73. The Bertz CT molecular complexity index is 1670. The normalized spacial score (nSPS) is 15.5. The molecule has 1 amide bonds. The minimum Gasteiger partial charge on any atom is -0.497 e. The lowest BCUT2D eigenvalue weighted by molar-refractivity contribution is 0.0953. The number of nitrogens with zero attached hydrogens (tertiary/aromatic N) is 4. The van der Waals surface area contributed by atoms with E-state index in [4.69, 9.17) is 4.74 Å². The molecule has 8 nitrogen and oxygen atoms in total. The lowest BCUT2D eigenvalue weighted by Crippen LogP contribution is -2.46. The zero-order valence-electron chi connectivity index (χ0n) is 22.5. The summed E-state index contributed by atoms with van der Waals surface area (Å²) in [4.78, 5) is 30.5. The van der Waals surface area contributed by atoms with Crippen molar-refractivity contribution in [2.75, 3.05) is 43.1 Å². The summed E-state index contributed by atoms with van der Waals surface area (Å²) in [5.41, 5.74) is 4.42. The van der Waals surface area contributed by atoms with E-state index < -0.39 is 17.2 Å². The number of nitrogens with one attached hydrogen (secondary N) is 1. The maximum atomic E-state index is 15.5. The average Bonchev–Trinajstić information content (AvgIpc) is 3.84. The Hall–Kier alpha value is -4.73. The van der Waals surface area contributed by atoms with E-state index in [9.17, 15) is 14.0 Å². The number of halogens is 2. The van der Waals surface area contributed by atoms with Crippen LogP contribution in [0.4, 0.5) is 20.2 Å². The number of amides is 1. The van der Waals surface area contributed by atoms with Crippen LogP contribution in [-0.4, -0.2) is 50.0 Å². The van der Waals surface area contributed by atoms with Crippen molar-refractivity contribution in [1.29, 1.82) is 0 Å². The van der Waals surface area contributed by atoms with Crippen LogP contribution in [0.3, 0.4) is 0 Å². The van der Waals surface area contributed by atoms with Crippen LogP contribution >= 0.6 is 0 Å². The van der Waals surface area contributed by atoms with Gasteiger partial charge in [0.05, 0.1) is 24.5 Å². The first kappa shape index (κ1) is 26.5. The first-order valence-electron chi connectivity index (χ1n) is 13.5. The summed E-state index contributed by atoms with van der Waals surface area (Å²) >= 11 is 0. The van der Waals surface area contributed by atoms with Crippen molar-refractivity contribution in [3.63, 3.8) is 0 Å². The van der Waals surface area contributed by atoms with Crippen LogP contribution in [0.15, 0.2) is 76.8 Å². The van der Waals surface area contributed by atoms with Gasteiger partial charge in [-0.25, -0.2) is 14.2 Å². The Morgan fingerprint density at radius 3 is 2.32 bits per heavy atom. The molecule has 1 N–H and O–H groups in total. The Labute approximate surface area is 235 Å². The first-order valence-corrected chi connectivity index (χ1v) is 13.5. The molecule has 0 radical (unpaired) electrons. The highest BCUT2D eigenvalue weighted by Crippen LogP contribution is 2.38. The fourth-order valence-electron chi connectivity index (χ4n) is 5.19. The van der Waals surface area contributed by atoms with E-state index in [1.807, 2.05) is 33.7 Å². The first-order chi connectivity index (χ1) is 19.9. The molecule has 41 heavy (non-hydrogen) atoms. The second-order valence-corrected chi connectivity index (χ2v) is 10.3. The van der Waals surface area contributed by atoms with Crippen molar-refractivity contribution in [3.05, 3.63) is 99.8 Å². The molecule has 1 aromatic heterocycles. The third kappa shape index (κ3) is 5.50. The highest BCUT2D eigenvalue weighted by Gasteiger charge is 2.28. The molecule has 0 bridgehead atoms. The molecule has 1 aliphatic heterocycles. The summed E-state index contributed by atoms with van der Waals surface area (Å²) in [6.45, 7) is 2.68. The van der Waals surface area contributed by atoms with Crippen LogP contribution in [0.25, 0.3) is 10.9 Å². The van der Waals surface area contributed by atoms with Gasteiger partial charge in [-0.1, -0.05) is 12.1 Å². The second kappa shape index (κ2) is 11.0. The number of fused-ring (bicyclic) bond motifs is 1. The minimum absolute atomic E-state index is 0.110. The minimum atomic E-state index is -0.691. The lowest BCUT2D eigenvalue weighted by Gasteiger charge is -2.37. The third-order valence-corrected chi connectivity index (χ3v) is 7.59. The van der Waals surface area contributed by atoms with Gasteiger partial charge in [0.25, 0.3) is 5.91 Å². The zero-order chi connectivity index (χ0) is 28.5. The van der Waals surface area contributed by atoms with Gasteiger partial charge in [-0.3, -0.25) is 9.59 Å². The van der Waals surface area contributed by atoms with Gasteiger partial charge in [-0.2, -0.15) is 5.10 Å². The summed E-state index contributed by atoms with van der Waals surface area (Å²) in [5, 5.41) is 4.06. The van der Waals surface area contributed by atoms with Gasteiger partial charge in [-0.15, -0.1) is 0 Å². The number of hydrazone groups is 1. The number of ether oxygens (including phenoxy) is 1. The topological polar surface area (TPSA) is 79.2 Å². The Morgan fingerprint density at radius 2 is 1.66 bits per heavy atom. The largest absolute Gasteiger partial charge is 0.497 e. The molecule has 4 aromatic rings. The predicted octanol–water partition coefficient (Wildman–Crippen LogP) is 4.71. The molecule has 1 saturated carbocycles. The molecule has 3 aromatic carbocycles. The van der Waals surface area contributed by atoms with Crippen molar-refractivity contribution in [3.8, 4) is 5.75 Å². The number of hydrogen-bond acceptors (Lipinski definition) is 6. The van der Waals surface area contributed by atoms with E-state index in [1.54, 1.807) is 19.4 Å². The van der Waals surface area contributed by atoms with Gasteiger partial charge in [-0.05, 0) is 66.9 Å². The van der Waals surface area contributed by atoms with Crippen LogP contribution in [-0.2, 0) is 0 Å². The molecule has 1 aliphatic carbocycles. The molecule has 10 heteroatoms. The third-order valence-electron chi connectivity index (χ3n) is 7.59. The molecule has 6 rings (SSSR count). The summed E-state index contributed by atoms with van der Waals surface area (Å²) in [6, 6.07) is 16.6. The fourth-order valence-corrected chi connectivity index (χ4v) is 5.19. The van der Waals surface area contributed by atoms with Gasteiger partial charge in [0.15, 0.2) is 0 Å². The fraction of sp³-hybridized carbons (Fsp3) is 0.258. The molecule has 0 atom stereocenters. The van der Waals surface area contributed by atoms with Gasteiger partial charge < -0.3 is 19.1 Å². The number of anilines is 2. The molecule has 210 valence electrons. The zero-order valence-corrected chi connectivity index (χ0v) is 22.5. The van der Waals surface area contributed by atoms with Crippen molar-refractivity contribution in [2.24, 2.45) is 5.10 Å². The average molecular weight is 558 g/mol. The molecule has 1 saturated heterocycles. The van der Waals surface area contributed by atoms with Crippen molar-refractivity contribution in [2.45, 2.75) is 18.9 Å². The van der Waals surface area contributed by atoms with Gasteiger partial charge >= 0.3 is 0 Å². The Balaban J connectivity index is 1.24. The molecular formula is C31H29F2N5O3. The van der Waals surface area contributed by atoms with E-state index in [1.165, 1.54) is 36.5 Å². The lowest BCUT2D eigenvalue weighted by atomic mass is 10.1. The van der Waals surface area contributed by atoms with E-state index in [0.29, 0.717) is 29.9 Å². The van der Waals surface area contributed by atoms with E-state index in [-0.39, 0.29) is 22.8 Å². The van der Waals surface area contributed by atoms with Crippen LogP contribution in [0.1, 0.15) is 34.8 Å². The Kier molecular flexibility index (Phi) is 7.13. The quantitative estimate of drug-likeness (QED) is 0.263. The number of rotatable bonds is 7. The van der Waals surface area contributed by atoms with E-state index in [2.05, 4.69) is 15.4 Å². The predicted molar refractivity (Wildman–Crippen MR) is 155 cm³/mol. The number of benzene rings is 3. The van der Waals surface area contributed by atoms with Gasteiger partial charge in [0, 0.05) is 49.5 Å². The number of carbonyl (C=O) groups excluding carboxylic acids is 1. The van der Waals surface area contributed by atoms with Crippen molar-refractivity contribution >= 4 is 34.4 Å². The number of carbonyl (C=O) groups is 1. The van der Waals surface area contributed by atoms with Gasteiger partial charge in [0.1, 0.15) is 22.9 Å². The maximum Gasteiger partial charge on any atom is 0.276 e. The molecule has 2 aliphatic rings. The number of aromatic nitrogens is 1. The van der Waals surface area contributed by atoms with Crippen LogP contribution < -0.4 is 25.4 Å². The van der Waals surface area contributed by atoms with Crippen molar-refractivity contribution in [1.82, 2.24) is 9.99 Å². The van der Waals surface area contributed by atoms with Crippen LogP contribution in [0.2, 0.25) is 0 Å². The number of pyridine rings is 1. The summed E-state index contributed by atoms with van der Waals surface area (Å²) < 4.78 is 35.8. The van der Waals surface area contributed by atoms with Crippen LogP contribution in [0, 0.1) is 11.6 Å². The monoisotopic (exact) mass is 557 g/mol. The SMILES string of the molecule is COc1ccc(N2CCN(c3cc4c(cc3F)c(=O)c(C(=O)N/N=C\c3ccc(F)cc3)cn4C3CC3)CC2)cc1. The summed E-state index contributed by atoms with van der Waals surface area (Å²) in [5.74, 6) is -0.773. The van der Waals surface area contributed by atoms with Gasteiger partial charge in [0.2, 0.25) is 5.43 Å². The van der Waals surface area contributed by atoms with Crippen LogP contribution in [0.5, 0.6) is 5.75 Å². The molecule has 0 spiro atoms. The standard InChI is InChI=1S/C31H29F2N5O3/c1-41-24-10-8-22(9-11-24)36-12-14-37(15-13-36)29-17-28-25(16-27(29)33)30(39)26(19-38(28)23-6-7-23)31(40)35-34-18-20-2-4-21(32)5-3-20/h2-5,8-11,16-19,23H,6-7,12-15H2,1H3,(H,35,40)/b34-18-. The number of piperazine rings is 1. The Morgan fingerprint density at radius 1 is 0.976 bits per heavy atom. The maximum absolute atomic E-state index is 15.5. The molecule has 2 heterocycles. The summed E-state index contributed by atoms with van der Waals surface area (Å²) in [7, 11) is 1.64. The highest BCUT2D eigenvalue weighted by molar-refractivity contribution is 5.98. The number of methoxy groups -OCH3 is 1. The van der Waals surface area contributed by atoms with Crippen molar-refractivity contribution < 1.29 is 18.3 Å². The molecule has 2 fully saturated rings. The van der Waals surface area contributed by atoms with E-state index in [0.717, 1.165) is 37.4 Å².